The quantitative estimate of drug-likeness (QED) is 0.697. The first-order valence-corrected chi connectivity index (χ1v) is 4.09. The Morgan fingerprint density at radius 3 is 3.18 bits per heavy atom. The van der Waals surface area contributed by atoms with Crippen LogP contribution in [0.25, 0.3) is 5.65 Å². The topological polar surface area (TPSA) is 30.2 Å². The van der Waals surface area contributed by atoms with Gasteiger partial charge < -0.3 is 0 Å². The molecule has 0 N–H and O–H groups in total. The van der Waals surface area contributed by atoms with E-state index < -0.39 is 0 Å². The van der Waals surface area contributed by atoms with Crippen molar-refractivity contribution in [2.24, 2.45) is 0 Å². The Kier molecular flexibility index (Phi) is 1.58. The number of pyridine rings is 1. The van der Waals surface area contributed by atoms with E-state index in [1.165, 1.54) is 6.33 Å². The molecule has 3 nitrogen and oxygen atoms in total. The van der Waals surface area contributed by atoms with Gasteiger partial charge in [-0.1, -0.05) is 11.6 Å². The van der Waals surface area contributed by atoms with E-state index in [4.69, 9.17) is 11.6 Å². The highest BCUT2D eigenvalue weighted by Crippen LogP contribution is 2.22. The molecule has 0 unspecified atom stereocenters. The highest BCUT2D eigenvalue weighted by atomic mass is 79.9. The zero-order valence-electron chi connectivity index (χ0n) is 5.33. The highest BCUT2D eigenvalue weighted by molar-refractivity contribution is 9.10. The SMILES string of the molecule is Clc1cn2ncnc2cc1Br. The van der Waals surface area contributed by atoms with E-state index in [9.17, 15) is 0 Å². The largest absolute Gasteiger partial charge is 0.220 e. The van der Waals surface area contributed by atoms with E-state index in [0.717, 1.165) is 10.1 Å². The van der Waals surface area contributed by atoms with Crippen molar-refractivity contribution in [3.63, 3.8) is 0 Å². The predicted molar refractivity (Wildman–Crippen MR) is 45.7 cm³/mol. The van der Waals surface area contributed by atoms with Crippen LogP contribution in [0.15, 0.2) is 23.1 Å². The highest BCUT2D eigenvalue weighted by Gasteiger charge is 2.00. The summed E-state index contributed by atoms with van der Waals surface area (Å²) in [5, 5.41) is 4.55. The molecule has 0 spiro atoms. The van der Waals surface area contributed by atoms with Gasteiger partial charge in [-0.15, -0.1) is 0 Å². The molecule has 0 bridgehead atoms. The van der Waals surface area contributed by atoms with Crippen molar-refractivity contribution in [3.05, 3.63) is 28.1 Å². The molecular formula is C6H3BrClN3. The van der Waals surface area contributed by atoms with Gasteiger partial charge >= 0.3 is 0 Å². The van der Waals surface area contributed by atoms with Gasteiger partial charge in [-0.25, -0.2) is 9.50 Å². The molecule has 0 amide bonds. The van der Waals surface area contributed by atoms with Crippen LogP contribution in [0.1, 0.15) is 0 Å². The average Bonchev–Trinajstić information content (AvgIpc) is 2.36. The summed E-state index contributed by atoms with van der Waals surface area (Å²) in [6, 6.07) is 1.81. The molecule has 0 aromatic carbocycles. The van der Waals surface area contributed by atoms with E-state index >= 15 is 0 Å². The molecule has 11 heavy (non-hydrogen) atoms. The van der Waals surface area contributed by atoms with Crippen LogP contribution in [0.4, 0.5) is 0 Å². The first kappa shape index (κ1) is 7.06. The van der Waals surface area contributed by atoms with E-state index in [1.54, 1.807) is 10.7 Å². The molecule has 2 heterocycles. The van der Waals surface area contributed by atoms with Crippen LogP contribution in [0.3, 0.4) is 0 Å². The molecule has 2 aromatic heterocycles. The number of halogens is 2. The summed E-state index contributed by atoms with van der Waals surface area (Å²) in [7, 11) is 0. The third-order valence-electron chi connectivity index (χ3n) is 1.32. The third kappa shape index (κ3) is 1.12. The van der Waals surface area contributed by atoms with Crippen LogP contribution in [-0.4, -0.2) is 14.6 Å². The van der Waals surface area contributed by atoms with Gasteiger partial charge in [0.1, 0.15) is 6.33 Å². The smallest absolute Gasteiger partial charge is 0.156 e. The van der Waals surface area contributed by atoms with Gasteiger partial charge in [-0.3, -0.25) is 0 Å². The summed E-state index contributed by atoms with van der Waals surface area (Å²) in [5.41, 5.74) is 0.779. The van der Waals surface area contributed by atoms with Crippen molar-refractivity contribution in [1.29, 1.82) is 0 Å². The van der Waals surface area contributed by atoms with Gasteiger partial charge in [0.15, 0.2) is 5.65 Å². The Bertz CT molecular complexity index is 362. The van der Waals surface area contributed by atoms with Gasteiger partial charge in [0.05, 0.1) is 11.2 Å². The third-order valence-corrected chi connectivity index (χ3v) is 2.51. The molecule has 2 aromatic rings. The van der Waals surface area contributed by atoms with Crippen LogP contribution in [0.5, 0.6) is 0 Å². The lowest BCUT2D eigenvalue weighted by molar-refractivity contribution is 0.960. The maximum absolute atomic E-state index is 5.81. The fraction of sp³-hybridized carbons (Fsp3) is 0. The zero-order valence-corrected chi connectivity index (χ0v) is 7.67. The molecule has 0 aliphatic heterocycles. The first-order chi connectivity index (χ1) is 5.27. The average molecular weight is 232 g/mol. The summed E-state index contributed by atoms with van der Waals surface area (Å²) < 4.78 is 2.45. The van der Waals surface area contributed by atoms with Gasteiger partial charge in [0.25, 0.3) is 0 Å². The lowest BCUT2D eigenvalue weighted by Gasteiger charge is -1.94. The minimum Gasteiger partial charge on any atom is -0.220 e. The number of hydrogen-bond acceptors (Lipinski definition) is 2. The Balaban J connectivity index is 2.86. The standard InChI is InChI=1S/C6H3BrClN3/c7-4-1-6-9-3-10-11(6)2-5(4)8/h1-3H. The first-order valence-electron chi connectivity index (χ1n) is 2.92. The van der Waals surface area contributed by atoms with Crippen molar-refractivity contribution in [2.45, 2.75) is 0 Å². The molecule has 0 saturated carbocycles. The molecular weight excluding hydrogens is 229 g/mol. The minimum atomic E-state index is 0.628. The number of fused-ring (bicyclic) bond motifs is 1. The monoisotopic (exact) mass is 231 g/mol. The fourth-order valence-corrected chi connectivity index (χ4v) is 1.27. The summed E-state index contributed by atoms with van der Waals surface area (Å²) in [6.07, 6.45) is 3.19. The Morgan fingerprint density at radius 2 is 2.36 bits per heavy atom. The van der Waals surface area contributed by atoms with Crippen molar-refractivity contribution in [2.75, 3.05) is 0 Å². The Labute approximate surface area is 76.1 Å². The zero-order chi connectivity index (χ0) is 7.84. The molecule has 0 saturated heterocycles. The van der Waals surface area contributed by atoms with Gasteiger partial charge in [0.2, 0.25) is 0 Å². The fourth-order valence-electron chi connectivity index (χ4n) is 0.813. The number of rotatable bonds is 0. The molecule has 0 aliphatic carbocycles. The van der Waals surface area contributed by atoms with Crippen molar-refractivity contribution in [1.82, 2.24) is 14.6 Å². The molecule has 0 fully saturated rings. The van der Waals surface area contributed by atoms with Crippen molar-refractivity contribution < 1.29 is 0 Å². The Hall–Kier alpha value is -0.610. The molecule has 5 heteroatoms. The lowest BCUT2D eigenvalue weighted by Crippen LogP contribution is -1.86. The summed E-state index contributed by atoms with van der Waals surface area (Å²) >= 11 is 9.10. The van der Waals surface area contributed by atoms with E-state index in [1.807, 2.05) is 6.07 Å². The van der Waals surface area contributed by atoms with Crippen LogP contribution < -0.4 is 0 Å². The van der Waals surface area contributed by atoms with E-state index in [2.05, 4.69) is 26.0 Å². The van der Waals surface area contributed by atoms with Crippen LogP contribution in [0, 0.1) is 0 Å². The van der Waals surface area contributed by atoms with Crippen LogP contribution >= 0.6 is 27.5 Å². The van der Waals surface area contributed by atoms with E-state index in [0.29, 0.717) is 5.02 Å². The summed E-state index contributed by atoms with van der Waals surface area (Å²) in [4.78, 5) is 3.98. The molecule has 56 valence electrons. The number of nitrogens with zero attached hydrogens (tertiary/aromatic N) is 3. The predicted octanol–water partition coefficient (Wildman–Crippen LogP) is 2.15. The van der Waals surface area contributed by atoms with E-state index in [-0.39, 0.29) is 0 Å². The molecule has 2 rings (SSSR count). The minimum absolute atomic E-state index is 0.628. The van der Waals surface area contributed by atoms with Gasteiger partial charge in [0, 0.05) is 4.47 Å². The van der Waals surface area contributed by atoms with Gasteiger partial charge in [-0.2, -0.15) is 5.10 Å². The summed E-state index contributed by atoms with van der Waals surface area (Å²) in [5.74, 6) is 0. The second-order valence-corrected chi connectivity index (χ2v) is 3.29. The normalized spacial score (nSPS) is 10.7. The maximum Gasteiger partial charge on any atom is 0.156 e. The van der Waals surface area contributed by atoms with Crippen LogP contribution in [-0.2, 0) is 0 Å². The number of hydrogen-bond donors (Lipinski definition) is 0. The van der Waals surface area contributed by atoms with Crippen molar-refractivity contribution in [3.8, 4) is 0 Å². The molecule has 0 atom stereocenters. The summed E-state index contributed by atoms with van der Waals surface area (Å²) in [6.45, 7) is 0. The van der Waals surface area contributed by atoms with Crippen molar-refractivity contribution >= 4 is 33.2 Å². The lowest BCUT2D eigenvalue weighted by atomic mass is 10.5. The van der Waals surface area contributed by atoms with Gasteiger partial charge in [-0.05, 0) is 22.0 Å². The number of aromatic nitrogens is 3. The Morgan fingerprint density at radius 1 is 1.55 bits per heavy atom. The molecule has 0 radical (unpaired) electrons. The maximum atomic E-state index is 5.81. The second kappa shape index (κ2) is 2.46. The van der Waals surface area contributed by atoms with Crippen LogP contribution in [0.2, 0.25) is 5.02 Å². The second-order valence-electron chi connectivity index (χ2n) is 2.03. The molecule has 0 aliphatic rings.